The van der Waals surface area contributed by atoms with Crippen molar-refractivity contribution in [2.45, 2.75) is 32.3 Å². The Bertz CT molecular complexity index is 373. The van der Waals surface area contributed by atoms with Crippen molar-refractivity contribution in [3.8, 4) is 0 Å². The molecular formula is C17H27NO2. The number of ether oxygens (including phenoxy) is 1. The van der Waals surface area contributed by atoms with Crippen LogP contribution >= 0.6 is 0 Å². The van der Waals surface area contributed by atoms with Gasteiger partial charge in [-0.05, 0) is 23.5 Å². The molecule has 0 aliphatic heterocycles. The molecule has 1 aromatic carbocycles. The summed E-state index contributed by atoms with van der Waals surface area (Å²) in [6, 6.07) is 8.17. The van der Waals surface area contributed by atoms with E-state index >= 15 is 0 Å². The van der Waals surface area contributed by atoms with E-state index in [0.29, 0.717) is 25.7 Å². The van der Waals surface area contributed by atoms with E-state index in [1.807, 2.05) is 18.2 Å². The highest BCUT2D eigenvalue weighted by Crippen LogP contribution is 2.18. The summed E-state index contributed by atoms with van der Waals surface area (Å²) in [5.74, 6) is 0.520. The maximum Gasteiger partial charge on any atom is 0.0914 e. The molecule has 0 bridgehead atoms. The molecule has 0 aliphatic carbocycles. The van der Waals surface area contributed by atoms with Crippen LogP contribution < -0.4 is 5.32 Å². The molecule has 0 radical (unpaired) electrons. The zero-order valence-electron chi connectivity index (χ0n) is 12.6. The van der Waals surface area contributed by atoms with E-state index in [-0.39, 0.29) is 0 Å². The predicted octanol–water partition coefficient (Wildman–Crippen LogP) is 3.03. The molecule has 3 nitrogen and oxygen atoms in total. The molecule has 0 spiro atoms. The van der Waals surface area contributed by atoms with Crippen LogP contribution in [0.5, 0.6) is 0 Å². The Labute approximate surface area is 122 Å². The smallest absolute Gasteiger partial charge is 0.0914 e. The van der Waals surface area contributed by atoms with Gasteiger partial charge in [-0.1, -0.05) is 44.2 Å². The van der Waals surface area contributed by atoms with Crippen LogP contribution in [-0.4, -0.2) is 31.4 Å². The first-order chi connectivity index (χ1) is 9.65. The molecule has 1 atom stereocenters. The van der Waals surface area contributed by atoms with Gasteiger partial charge in [0, 0.05) is 13.1 Å². The third kappa shape index (κ3) is 6.33. The van der Waals surface area contributed by atoms with Gasteiger partial charge in [-0.25, -0.2) is 0 Å². The Hall–Kier alpha value is -1.16. The van der Waals surface area contributed by atoms with Crippen molar-refractivity contribution in [2.75, 3.05) is 26.3 Å². The summed E-state index contributed by atoms with van der Waals surface area (Å²) in [6.45, 7) is 10.6. The number of aliphatic hydroxyl groups excluding tert-OH is 1. The Kier molecular flexibility index (Phi) is 8.19. The highest BCUT2D eigenvalue weighted by molar-refractivity contribution is 5.26. The lowest BCUT2D eigenvalue weighted by atomic mass is 10.00. The minimum Gasteiger partial charge on any atom is -0.387 e. The monoisotopic (exact) mass is 277 g/mol. The predicted molar refractivity (Wildman–Crippen MR) is 84.0 cm³/mol. The third-order valence-electron chi connectivity index (χ3n) is 3.22. The summed E-state index contributed by atoms with van der Waals surface area (Å²) in [6.07, 6.45) is 2.26. The second kappa shape index (κ2) is 9.70. The molecule has 20 heavy (non-hydrogen) atoms. The fourth-order valence-electron chi connectivity index (χ4n) is 1.87. The zero-order valence-corrected chi connectivity index (χ0v) is 12.6. The van der Waals surface area contributed by atoms with Gasteiger partial charge in [0.05, 0.1) is 19.3 Å². The molecule has 0 heterocycles. The molecule has 0 fully saturated rings. The Balaban J connectivity index is 2.21. The van der Waals surface area contributed by atoms with Crippen molar-refractivity contribution in [1.82, 2.24) is 5.32 Å². The van der Waals surface area contributed by atoms with E-state index in [1.165, 1.54) is 5.56 Å². The maximum atomic E-state index is 10.1. The summed E-state index contributed by atoms with van der Waals surface area (Å²) in [4.78, 5) is 0. The number of hydrogen-bond acceptors (Lipinski definition) is 3. The second-order valence-corrected chi connectivity index (χ2v) is 5.23. The van der Waals surface area contributed by atoms with Crippen LogP contribution in [0.4, 0.5) is 0 Å². The lowest BCUT2D eigenvalue weighted by Crippen LogP contribution is -2.25. The molecule has 1 aromatic rings. The van der Waals surface area contributed by atoms with Crippen LogP contribution in [0.3, 0.4) is 0 Å². The average molecular weight is 277 g/mol. The van der Waals surface area contributed by atoms with Gasteiger partial charge in [-0.15, -0.1) is 6.58 Å². The standard InChI is InChI=1S/C17H27NO2/c1-4-5-11-20-12-10-18-13-17(19)16-8-6-15(7-9-16)14(2)3/h4,6-9,14,17-19H,1,5,10-13H2,2-3H3. The van der Waals surface area contributed by atoms with Crippen molar-refractivity contribution in [1.29, 1.82) is 0 Å². The first kappa shape index (κ1) is 16.9. The molecular weight excluding hydrogens is 250 g/mol. The van der Waals surface area contributed by atoms with E-state index in [1.54, 1.807) is 0 Å². The number of rotatable bonds is 10. The molecule has 3 heteroatoms. The minimum atomic E-state index is -0.468. The van der Waals surface area contributed by atoms with Crippen molar-refractivity contribution in [3.63, 3.8) is 0 Å². The molecule has 1 rings (SSSR count). The number of hydrogen-bond donors (Lipinski definition) is 2. The average Bonchev–Trinajstić information content (AvgIpc) is 2.46. The summed E-state index contributed by atoms with van der Waals surface area (Å²) in [5, 5.41) is 13.3. The number of aliphatic hydroxyl groups is 1. The van der Waals surface area contributed by atoms with Crippen LogP contribution in [0.2, 0.25) is 0 Å². The lowest BCUT2D eigenvalue weighted by Gasteiger charge is -2.13. The zero-order chi connectivity index (χ0) is 14.8. The number of benzene rings is 1. The van der Waals surface area contributed by atoms with Crippen LogP contribution in [0, 0.1) is 0 Å². The van der Waals surface area contributed by atoms with Crippen molar-refractivity contribution in [2.24, 2.45) is 0 Å². The maximum absolute atomic E-state index is 10.1. The van der Waals surface area contributed by atoms with Crippen molar-refractivity contribution in [3.05, 3.63) is 48.0 Å². The van der Waals surface area contributed by atoms with Gasteiger partial charge in [0.15, 0.2) is 0 Å². The van der Waals surface area contributed by atoms with Crippen LogP contribution in [0.1, 0.15) is 43.4 Å². The summed E-state index contributed by atoms with van der Waals surface area (Å²) in [5.41, 5.74) is 2.25. The highest BCUT2D eigenvalue weighted by atomic mass is 16.5. The van der Waals surface area contributed by atoms with Crippen LogP contribution in [-0.2, 0) is 4.74 Å². The molecule has 0 amide bonds. The van der Waals surface area contributed by atoms with E-state index in [9.17, 15) is 5.11 Å². The molecule has 112 valence electrons. The molecule has 0 saturated heterocycles. The van der Waals surface area contributed by atoms with Gasteiger partial charge in [-0.2, -0.15) is 0 Å². The van der Waals surface area contributed by atoms with Gasteiger partial charge in [0.2, 0.25) is 0 Å². The SMILES string of the molecule is C=CCCOCCNCC(O)c1ccc(C(C)C)cc1. The van der Waals surface area contributed by atoms with Crippen LogP contribution in [0.15, 0.2) is 36.9 Å². The minimum absolute atomic E-state index is 0.468. The van der Waals surface area contributed by atoms with Gasteiger partial charge in [-0.3, -0.25) is 0 Å². The van der Waals surface area contributed by atoms with E-state index in [4.69, 9.17) is 4.74 Å². The van der Waals surface area contributed by atoms with Gasteiger partial charge in [0.1, 0.15) is 0 Å². The third-order valence-corrected chi connectivity index (χ3v) is 3.22. The van der Waals surface area contributed by atoms with Crippen molar-refractivity contribution >= 4 is 0 Å². The molecule has 0 aliphatic rings. The molecule has 0 aromatic heterocycles. The van der Waals surface area contributed by atoms with Crippen molar-refractivity contribution < 1.29 is 9.84 Å². The molecule has 2 N–H and O–H groups in total. The molecule has 0 saturated carbocycles. The second-order valence-electron chi connectivity index (χ2n) is 5.23. The van der Waals surface area contributed by atoms with Crippen LogP contribution in [0.25, 0.3) is 0 Å². The Morgan fingerprint density at radius 1 is 1.20 bits per heavy atom. The summed E-state index contributed by atoms with van der Waals surface area (Å²) < 4.78 is 5.39. The highest BCUT2D eigenvalue weighted by Gasteiger charge is 2.07. The van der Waals surface area contributed by atoms with Gasteiger partial charge in [0.25, 0.3) is 0 Å². The first-order valence-corrected chi connectivity index (χ1v) is 7.32. The normalized spacial score (nSPS) is 12.6. The largest absolute Gasteiger partial charge is 0.387 e. The van der Waals surface area contributed by atoms with E-state index < -0.39 is 6.10 Å². The van der Waals surface area contributed by atoms with E-state index in [0.717, 1.165) is 18.5 Å². The first-order valence-electron chi connectivity index (χ1n) is 7.32. The quantitative estimate of drug-likeness (QED) is 0.510. The Morgan fingerprint density at radius 3 is 2.45 bits per heavy atom. The number of nitrogens with one attached hydrogen (secondary N) is 1. The lowest BCUT2D eigenvalue weighted by molar-refractivity contribution is 0.131. The topological polar surface area (TPSA) is 41.5 Å². The molecule has 1 unspecified atom stereocenters. The van der Waals surface area contributed by atoms with Gasteiger partial charge >= 0.3 is 0 Å². The summed E-state index contributed by atoms with van der Waals surface area (Å²) in [7, 11) is 0. The van der Waals surface area contributed by atoms with Gasteiger partial charge < -0.3 is 15.2 Å². The fraction of sp³-hybridized carbons (Fsp3) is 0.529. The fourth-order valence-corrected chi connectivity index (χ4v) is 1.87. The summed E-state index contributed by atoms with van der Waals surface area (Å²) >= 11 is 0. The Morgan fingerprint density at radius 2 is 1.85 bits per heavy atom. The van der Waals surface area contributed by atoms with E-state index in [2.05, 4.69) is 37.9 Å².